The number of ketones is 1. The maximum atomic E-state index is 12.6. The van der Waals surface area contributed by atoms with Gasteiger partial charge in [-0.1, -0.05) is 36.5 Å². The second-order valence-electron chi connectivity index (χ2n) is 4.77. The summed E-state index contributed by atoms with van der Waals surface area (Å²) in [5.41, 5.74) is -0.703. The number of Topliss-reactive ketones (excluding diaryl/α,β-unsaturated/α-hetero) is 1. The molecule has 2 aliphatic carbocycles. The molecule has 4 heteroatoms. The number of hydrogen-bond acceptors (Lipinski definition) is 4. The molecule has 2 rings (SSSR count). The van der Waals surface area contributed by atoms with Crippen molar-refractivity contribution in [3.05, 3.63) is 36.5 Å². The molecule has 0 saturated heterocycles. The summed E-state index contributed by atoms with van der Waals surface area (Å²) in [4.78, 5) is 24.8. The van der Waals surface area contributed by atoms with Gasteiger partial charge < -0.3 is 4.74 Å². The Bertz CT molecular complexity index is 538. The number of rotatable bonds is 2. The summed E-state index contributed by atoms with van der Waals surface area (Å²) in [5, 5.41) is 9.18. The molecule has 0 N–H and O–H groups in total. The first kappa shape index (κ1) is 13.3. The lowest BCUT2D eigenvalue weighted by atomic mass is 9.63. The highest BCUT2D eigenvalue weighted by Gasteiger charge is 2.54. The molecule has 2 bridgehead atoms. The Labute approximate surface area is 112 Å². The first-order valence-electron chi connectivity index (χ1n) is 6.21. The minimum absolute atomic E-state index is 0.150. The molecule has 19 heavy (non-hydrogen) atoms. The van der Waals surface area contributed by atoms with Crippen LogP contribution >= 0.6 is 0 Å². The minimum Gasteiger partial charge on any atom is -0.465 e. The zero-order valence-electron chi connectivity index (χ0n) is 10.8. The molecule has 0 aromatic carbocycles. The number of fused-ring (bicyclic) bond motifs is 2. The Hall–Kier alpha value is -2.15. The Balaban J connectivity index is 2.50. The molecule has 1 fully saturated rings. The van der Waals surface area contributed by atoms with Crippen molar-refractivity contribution < 1.29 is 14.3 Å². The number of allylic oxidation sites excluding steroid dienone is 4. The molecule has 0 aromatic rings. The van der Waals surface area contributed by atoms with Gasteiger partial charge in [0.15, 0.2) is 5.78 Å². The van der Waals surface area contributed by atoms with Crippen molar-refractivity contribution in [2.45, 2.75) is 13.3 Å². The van der Waals surface area contributed by atoms with Gasteiger partial charge in [-0.25, -0.2) is 0 Å². The van der Waals surface area contributed by atoms with E-state index in [9.17, 15) is 14.9 Å². The predicted octanol–water partition coefficient (Wildman–Crippen LogP) is 1.95. The largest absolute Gasteiger partial charge is 0.465 e. The standard InChI is InChI=1S/C15H15NO3/c1-3-19-14(18)15-7-5-4-6-11(13(15)17)12(9-16)10(2)8-15/h4-7,11-12H,2-3,8H2,1H3/t11-,12-,15+/m1/s1. The smallest absolute Gasteiger partial charge is 0.323 e. The first-order valence-corrected chi connectivity index (χ1v) is 6.21. The third-order valence-corrected chi connectivity index (χ3v) is 3.64. The Kier molecular flexibility index (Phi) is 3.39. The van der Waals surface area contributed by atoms with Crippen LogP contribution in [-0.4, -0.2) is 18.4 Å². The molecular weight excluding hydrogens is 242 g/mol. The lowest BCUT2D eigenvalue weighted by molar-refractivity contribution is -0.158. The summed E-state index contributed by atoms with van der Waals surface area (Å²) in [7, 11) is 0. The summed E-state index contributed by atoms with van der Waals surface area (Å²) in [6.07, 6.45) is 6.76. The van der Waals surface area contributed by atoms with Crippen LogP contribution in [0, 0.1) is 28.6 Å². The predicted molar refractivity (Wildman–Crippen MR) is 68.7 cm³/mol. The van der Waals surface area contributed by atoms with Gasteiger partial charge in [-0.3, -0.25) is 9.59 Å². The van der Waals surface area contributed by atoms with E-state index in [0.717, 1.165) is 0 Å². The van der Waals surface area contributed by atoms with E-state index in [1.54, 1.807) is 31.2 Å². The average molecular weight is 257 g/mol. The van der Waals surface area contributed by atoms with E-state index in [2.05, 4.69) is 12.6 Å². The second-order valence-corrected chi connectivity index (χ2v) is 4.77. The number of carbonyl (C=O) groups excluding carboxylic acids is 2. The lowest BCUT2D eigenvalue weighted by Crippen LogP contribution is -2.48. The average Bonchev–Trinajstić information content (AvgIpc) is 2.49. The van der Waals surface area contributed by atoms with E-state index in [0.29, 0.717) is 5.57 Å². The molecule has 0 heterocycles. The molecule has 0 aliphatic heterocycles. The van der Waals surface area contributed by atoms with Crippen molar-refractivity contribution in [1.29, 1.82) is 5.26 Å². The van der Waals surface area contributed by atoms with Gasteiger partial charge >= 0.3 is 5.97 Å². The van der Waals surface area contributed by atoms with Gasteiger partial charge in [0.1, 0.15) is 5.41 Å². The van der Waals surface area contributed by atoms with Crippen molar-refractivity contribution >= 4 is 11.8 Å². The van der Waals surface area contributed by atoms with Crippen LogP contribution in [0.25, 0.3) is 0 Å². The number of nitrogens with zero attached hydrogens (tertiary/aromatic N) is 1. The summed E-state index contributed by atoms with van der Waals surface area (Å²) >= 11 is 0. The second kappa shape index (κ2) is 4.85. The van der Waals surface area contributed by atoms with Crippen LogP contribution in [0.1, 0.15) is 13.3 Å². The van der Waals surface area contributed by atoms with Crippen molar-refractivity contribution in [1.82, 2.24) is 0 Å². The fourth-order valence-corrected chi connectivity index (χ4v) is 2.67. The SMILES string of the molecule is C=C1C[C@@]2(C(=O)OCC)C=CC=C[C@@H](C2=O)[C@@H]1C#N. The van der Waals surface area contributed by atoms with Crippen LogP contribution < -0.4 is 0 Å². The number of ether oxygens (including phenoxy) is 1. The summed E-state index contributed by atoms with van der Waals surface area (Å²) in [6.45, 7) is 5.78. The van der Waals surface area contributed by atoms with Crippen molar-refractivity contribution in [2.75, 3.05) is 6.61 Å². The van der Waals surface area contributed by atoms with Crippen LogP contribution in [0.15, 0.2) is 36.5 Å². The molecule has 0 radical (unpaired) electrons. The monoisotopic (exact) mass is 257 g/mol. The maximum absolute atomic E-state index is 12.6. The zero-order valence-corrected chi connectivity index (χ0v) is 10.8. The molecule has 1 saturated carbocycles. The highest BCUT2D eigenvalue weighted by atomic mass is 16.5. The van der Waals surface area contributed by atoms with Gasteiger partial charge in [0.05, 0.1) is 24.5 Å². The van der Waals surface area contributed by atoms with E-state index in [1.165, 1.54) is 0 Å². The number of carbonyl (C=O) groups is 2. The van der Waals surface area contributed by atoms with E-state index >= 15 is 0 Å². The molecule has 4 nitrogen and oxygen atoms in total. The van der Waals surface area contributed by atoms with E-state index in [-0.39, 0.29) is 18.8 Å². The van der Waals surface area contributed by atoms with Crippen LogP contribution in [-0.2, 0) is 14.3 Å². The number of hydrogen-bond donors (Lipinski definition) is 0. The van der Waals surface area contributed by atoms with Crippen LogP contribution in [0.5, 0.6) is 0 Å². The Morgan fingerprint density at radius 1 is 1.63 bits per heavy atom. The van der Waals surface area contributed by atoms with Crippen molar-refractivity contribution in [2.24, 2.45) is 17.3 Å². The van der Waals surface area contributed by atoms with Gasteiger partial charge in [0, 0.05) is 0 Å². The molecule has 0 spiro atoms. The summed E-state index contributed by atoms with van der Waals surface area (Å²) in [5.74, 6) is -2.01. The Morgan fingerprint density at radius 3 is 3.00 bits per heavy atom. The first-order chi connectivity index (χ1) is 9.06. The van der Waals surface area contributed by atoms with Gasteiger partial charge in [-0.2, -0.15) is 5.26 Å². The molecule has 2 aliphatic rings. The van der Waals surface area contributed by atoms with E-state index in [4.69, 9.17) is 4.74 Å². The van der Waals surface area contributed by atoms with Gasteiger partial charge in [-0.05, 0) is 13.3 Å². The quantitative estimate of drug-likeness (QED) is 0.431. The molecule has 0 aromatic heterocycles. The van der Waals surface area contributed by atoms with Crippen molar-refractivity contribution in [3.8, 4) is 6.07 Å². The van der Waals surface area contributed by atoms with Crippen LogP contribution in [0.4, 0.5) is 0 Å². The number of nitriles is 1. The topological polar surface area (TPSA) is 67.2 Å². The van der Waals surface area contributed by atoms with Gasteiger partial charge in [0.2, 0.25) is 0 Å². The third kappa shape index (κ3) is 1.91. The van der Waals surface area contributed by atoms with E-state index < -0.39 is 23.2 Å². The van der Waals surface area contributed by atoms with Crippen LogP contribution in [0.2, 0.25) is 0 Å². The van der Waals surface area contributed by atoms with Crippen molar-refractivity contribution in [3.63, 3.8) is 0 Å². The Morgan fingerprint density at radius 2 is 2.37 bits per heavy atom. The summed E-state index contributed by atoms with van der Waals surface area (Å²) in [6, 6.07) is 2.10. The molecule has 0 amide bonds. The highest BCUT2D eigenvalue weighted by molar-refractivity contribution is 6.09. The fourth-order valence-electron chi connectivity index (χ4n) is 2.67. The fraction of sp³-hybridized carbons (Fsp3) is 0.400. The molecule has 0 unspecified atom stereocenters. The normalized spacial score (nSPS) is 32.6. The molecular formula is C15H15NO3. The van der Waals surface area contributed by atoms with E-state index in [1.807, 2.05) is 0 Å². The number of esters is 1. The zero-order chi connectivity index (χ0) is 14.0. The van der Waals surface area contributed by atoms with Gasteiger partial charge in [0.25, 0.3) is 0 Å². The lowest BCUT2D eigenvalue weighted by Gasteiger charge is -2.37. The van der Waals surface area contributed by atoms with Crippen LogP contribution in [0.3, 0.4) is 0 Å². The third-order valence-electron chi connectivity index (χ3n) is 3.64. The molecule has 3 atom stereocenters. The summed E-state index contributed by atoms with van der Waals surface area (Å²) < 4.78 is 5.04. The highest BCUT2D eigenvalue weighted by Crippen LogP contribution is 2.45. The van der Waals surface area contributed by atoms with Gasteiger partial charge in [-0.15, -0.1) is 0 Å². The maximum Gasteiger partial charge on any atom is 0.323 e. The molecule has 98 valence electrons. The minimum atomic E-state index is -1.31.